The molecule has 4 rings (SSSR count). The fraction of sp³-hybridized carbons (Fsp3) is 0.235. The van der Waals surface area contributed by atoms with E-state index in [9.17, 15) is 9.18 Å². The Morgan fingerprint density at radius 2 is 1.95 bits per heavy atom. The number of hydrogen-bond donors (Lipinski definition) is 1. The molecule has 2 aromatic carbocycles. The van der Waals surface area contributed by atoms with Crippen LogP contribution in [0.15, 0.2) is 42.5 Å². The molecule has 0 amide bonds. The summed E-state index contributed by atoms with van der Waals surface area (Å²) in [6.07, 6.45) is 1.34. The minimum Gasteiger partial charge on any atom is -0.377 e. The molecule has 1 N–H and O–H groups in total. The normalized spacial score (nSPS) is 23.4. The summed E-state index contributed by atoms with van der Waals surface area (Å²) in [5.74, 6) is 0.209. The van der Waals surface area contributed by atoms with E-state index in [0.29, 0.717) is 12.0 Å². The first-order chi connectivity index (χ1) is 9.75. The highest BCUT2D eigenvalue weighted by Gasteiger charge is 2.39. The van der Waals surface area contributed by atoms with E-state index in [4.69, 9.17) is 0 Å². The molecule has 0 aromatic heterocycles. The van der Waals surface area contributed by atoms with Crippen molar-refractivity contribution in [1.29, 1.82) is 0 Å². The lowest BCUT2D eigenvalue weighted by Crippen LogP contribution is -2.19. The second kappa shape index (κ2) is 4.17. The molecule has 1 heterocycles. The lowest BCUT2D eigenvalue weighted by molar-refractivity contribution is 0.0966. The van der Waals surface area contributed by atoms with Crippen molar-refractivity contribution in [3.05, 3.63) is 65.0 Å². The Hall–Kier alpha value is -2.16. The smallest absolute Gasteiger partial charge is 0.163 e. The summed E-state index contributed by atoms with van der Waals surface area (Å²) in [5, 5.41) is 3.40. The van der Waals surface area contributed by atoms with Gasteiger partial charge in [0.25, 0.3) is 0 Å². The second-order valence-electron chi connectivity index (χ2n) is 5.48. The zero-order valence-electron chi connectivity index (χ0n) is 10.9. The van der Waals surface area contributed by atoms with Gasteiger partial charge < -0.3 is 5.32 Å². The van der Waals surface area contributed by atoms with Crippen molar-refractivity contribution in [2.24, 2.45) is 0 Å². The van der Waals surface area contributed by atoms with Gasteiger partial charge in [0.05, 0.1) is 6.04 Å². The highest BCUT2D eigenvalue weighted by Crippen LogP contribution is 2.50. The lowest BCUT2D eigenvalue weighted by Gasteiger charge is -2.25. The van der Waals surface area contributed by atoms with Crippen LogP contribution in [0.5, 0.6) is 0 Å². The van der Waals surface area contributed by atoms with E-state index in [-0.39, 0.29) is 23.6 Å². The fourth-order valence-corrected chi connectivity index (χ4v) is 3.52. The Morgan fingerprint density at radius 1 is 1.10 bits per heavy atom. The van der Waals surface area contributed by atoms with Crippen LogP contribution < -0.4 is 5.32 Å². The number of Topliss-reactive ketones (excluding diaryl/α,β-unsaturated/α-hetero) is 1. The van der Waals surface area contributed by atoms with Gasteiger partial charge in [-0.2, -0.15) is 0 Å². The molecule has 2 atom stereocenters. The Kier molecular flexibility index (Phi) is 2.43. The zero-order chi connectivity index (χ0) is 13.7. The summed E-state index contributed by atoms with van der Waals surface area (Å²) in [7, 11) is 0. The van der Waals surface area contributed by atoms with Crippen LogP contribution in [0.4, 0.5) is 10.1 Å². The Bertz CT molecular complexity index is 710. The highest BCUT2D eigenvalue weighted by atomic mass is 19.1. The van der Waals surface area contributed by atoms with Crippen LogP contribution in [0.2, 0.25) is 0 Å². The topological polar surface area (TPSA) is 29.1 Å². The predicted octanol–water partition coefficient (Wildman–Crippen LogP) is 4.05. The fourth-order valence-electron chi connectivity index (χ4n) is 3.52. The maximum atomic E-state index is 14.1. The molecule has 1 aliphatic carbocycles. The number of halogens is 1. The number of anilines is 1. The van der Waals surface area contributed by atoms with Gasteiger partial charge in [-0.1, -0.05) is 30.3 Å². The minimum absolute atomic E-state index is 0.0690. The molecule has 0 radical (unpaired) electrons. The molecule has 0 saturated heterocycles. The van der Waals surface area contributed by atoms with Gasteiger partial charge >= 0.3 is 0 Å². The first-order valence-electron chi connectivity index (χ1n) is 6.93. The summed E-state index contributed by atoms with van der Waals surface area (Å²) in [5.41, 5.74) is 3.56. The van der Waals surface area contributed by atoms with Gasteiger partial charge in [0.1, 0.15) is 5.82 Å². The van der Waals surface area contributed by atoms with Gasteiger partial charge in [0.2, 0.25) is 0 Å². The summed E-state index contributed by atoms with van der Waals surface area (Å²) in [4.78, 5) is 12.0. The van der Waals surface area contributed by atoms with E-state index in [2.05, 4.69) is 5.32 Å². The minimum atomic E-state index is -0.184. The third-order valence-electron chi connectivity index (χ3n) is 4.41. The predicted molar refractivity (Wildman–Crippen MR) is 75.5 cm³/mol. The highest BCUT2D eigenvalue weighted by molar-refractivity contribution is 6.01. The Labute approximate surface area is 116 Å². The van der Waals surface area contributed by atoms with E-state index in [1.54, 1.807) is 6.07 Å². The van der Waals surface area contributed by atoms with Crippen LogP contribution in [0.25, 0.3) is 0 Å². The summed E-state index contributed by atoms with van der Waals surface area (Å²) >= 11 is 0. The monoisotopic (exact) mass is 267 g/mol. The molecule has 100 valence electrons. The molecule has 0 fully saturated rings. The summed E-state index contributed by atoms with van der Waals surface area (Å²) in [6.45, 7) is 0. The van der Waals surface area contributed by atoms with E-state index in [0.717, 1.165) is 23.2 Å². The summed E-state index contributed by atoms with van der Waals surface area (Å²) in [6, 6.07) is 12.6. The van der Waals surface area contributed by atoms with Crippen molar-refractivity contribution < 1.29 is 9.18 Å². The van der Waals surface area contributed by atoms with Crippen LogP contribution in [-0.4, -0.2) is 5.78 Å². The molecule has 1 aliphatic heterocycles. The van der Waals surface area contributed by atoms with Crippen LogP contribution in [-0.2, 0) is 0 Å². The van der Waals surface area contributed by atoms with E-state index in [1.165, 1.54) is 6.07 Å². The van der Waals surface area contributed by atoms with Crippen LogP contribution in [0.1, 0.15) is 46.3 Å². The quantitative estimate of drug-likeness (QED) is 0.844. The average molecular weight is 267 g/mol. The molecule has 0 bridgehead atoms. The number of carbonyl (C=O) groups excluding carboxylic acids is 1. The Balaban J connectivity index is 1.85. The van der Waals surface area contributed by atoms with E-state index < -0.39 is 0 Å². The molecule has 2 aromatic rings. The third kappa shape index (κ3) is 1.52. The van der Waals surface area contributed by atoms with Gasteiger partial charge in [-0.3, -0.25) is 4.79 Å². The van der Waals surface area contributed by atoms with Gasteiger partial charge in [-0.05, 0) is 24.1 Å². The van der Waals surface area contributed by atoms with Crippen molar-refractivity contribution in [2.75, 3.05) is 5.32 Å². The number of benzene rings is 2. The maximum absolute atomic E-state index is 14.1. The number of hydrogen-bond acceptors (Lipinski definition) is 2. The molecule has 2 nitrogen and oxygen atoms in total. The SMILES string of the molecule is O=C1CCC2c3c(cccc31)NC2c1ccccc1F. The molecule has 2 unspecified atom stereocenters. The molecular formula is C17H14FNO. The number of ketones is 1. The average Bonchev–Trinajstić information content (AvgIpc) is 2.83. The van der Waals surface area contributed by atoms with Crippen molar-refractivity contribution in [1.82, 2.24) is 0 Å². The Morgan fingerprint density at radius 3 is 2.80 bits per heavy atom. The van der Waals surface area contributed by atoms with Gasteiger partial charge in [-0.25, -0.2) is 4.39 Å². The molecule has 3 heteroatoms. The molecular weight excluding hydrogens is 253 g/mol. The largest absolute Gasteiger partial charge is 0.377 e. The van der Waals surface area contributed by atoms with Gasteiger partial charge in [-0.15, -0.1) is 0 Å². The lowest BCUT2D eigenvalue weighted by atomic mass is 9.78. The third-order valence-corrected chi connectivity index (χ3v) is 4.41. The molecule has 0 saturated carbocycles. The van der Waals surface area contributed by atoms with E-state index in [1.807, 2.05) is 30.3 Å². The van der Waals surface area contributed by atoms with Crippen molar-refractivity contribution >= 4 is 11.5 Å². The first kappa shape index (κ1) is 11.6. The maximum Gasteiger partial charge on any atom is 0.163 e. The van der Waals surface area contributed by atoms with Crippen molar-refractivity contribution in [2.45, 2.75) is 24.8 Å². The molecule has 2 aliphatic rings. The van der Waals surface area contributed by atoms with Gasteiger partial charge in [0, 0.05) is 29.2 Å². The van der Waals surface area contributed by atoms with E-state index >= 15 is 0 Å². The van der Waals surface area contributed by atoms with Crippen LogP contribution in [0, 0.1) is 5.82 Å². The van der Waals surface area contributed by atoms with Gasteiger partial charge in [0.15, 0.2) is 5.78 Å². The zero-order valence-corrected chi connectivity index (χ0v) is 10.9. The number of nitrogens with one attached hydrogen (secondary N) is 1. The number of carbonyl (C=O) groups is 1. The molecule has 0 spiro atoms. The second-order valence-corrected chi connectivity index (χ2v) is 5.48. The van der Waals surface area contributed by atoms with Crippen LogP contribution in [0.3, 0.4) is 0 Å². The summed E-state index contributed by atoms with van der Waals surface area (Å²) < 4.78 is 14.1. The van der Waals surface area contributed by atoms with Crippen molar-refractivity contribution in [3.8, 4) is 0 Å². The molecule has 20 heavy (non-hydrogen) atoms. The van der Waals surface area contributed by atoms with Crippen molar-refractivity contribution in [3.63, 3.8) is 0 Å². The first-order valence-corrected chi connectivity index (χ1v) is 6.93. The van der Waals surface area contributed by atoms with Crippen LogP contribution >= 0.6 is 0 Å². The number of rotatable bonds is 1. The standard InChI is InChI=1S/C17H14FNO/c18-13-6-2-1-4-10(13)17-12-8-9-15(20)11-5-3-7-14(19-17)16(11)12/h1-7,12,17,19H,8-9H2.